The van der Waals surface area contributed by atoms with Gasteiger partial charge in [-0.2, -0.15) is 0 Å². The molecule has 0 spiro atoms. The van der Waals surface area contributed by atoms with Crippen molar-refractivity contribution >= 4 is 35.8 Å². The molecule has 6 aromatic carbocycles. The van der Waals surface area contributed by atoms with Gasteiger partial charge < -0.3 is 43.4 Å². The number of ether oxygens (including phenoxy) is 7. The minimum atomic E-state index is -1.06. The minimum Gasteiger partial charge on any atom is -0.508 e. The molecule has 0 bridgehead atoms. The molecule has 13 heteroatoms. The van der Waals surface area contributed by atoms with Crippen LogP contribution in [-0.2, 0) is 34.5 Å². The van der Waals surface area contributed by atoms with Crippen LogP contribution in [0.3, 0.4) is 0 Å². The first-order valence-electron chi connectivity index (χ1n) is 27.8. The van der Waals surface area contributed by atoms with E-state index in [1.807, 2.05) is 72.8 Å². The number of aromatic hydroxyl groups is 2. The van der Waals surface area contributed by atoms with Crippen LogP contribution in [0.2, 0.25) is 0 Å². The Hall–Kier alpha value is -8.84. The van der Waals surface area contributed by atoms with E-state index in [1.54, 1.807) is 107 Å². The van der Waals surface area contributed by atoms with Crippen LogP contribution in [0, 0.1) is 11.8 Å². The lowest BCUT2D eigenvalue weighted by Gasteiger charge is -2.39. The SMILES string of the molecule is CC(C)(C)OC(=O)OC(=O)OC(C)(C)C.CC(C)(C)OC(=O)Oc1ccc(C2(c3ccc(OC(=O)OC(C)(C)C)cc3)c3ccccc3C3=CC=CCC32)cc1.Oc1ccc(C2(c3ccc(O)cc3)c3ccccc3C3=CC=CCC32)cc1. The monoisotopic (exact) mass is 1120 g/mol. The van der Waals surface area contributed by atoms with Gasteiger partial charge in [-0.15, -0.1) is 0 Å². The van der Waals surface area contributed by atoms with Gasteiger partial charge in [-0.1, -0.05) is 134 Å². The van der Waals surface area contributed by atoms with Crippen LogP contribution in [0.5, 0.6) is 23.0 Å². The summed E-state index contributed by atoms with van der Waals surface area (Å²) in [6.45, 7) is 20.8. The summed E-state index contributed by atoms with van der Waals surface area (Å²) in [5.41, 5.74) is 8.48. The molecule has 0 radical (unpaired) electrons. The number of carbonyl (C=O) groups excluding carboxylic acids is 4. The lowest BCUT2D eigenvalue weighted by molar-refractivity contribution is -0.0295. The average molecular weight is 1120 g/mol. The van der Waals surface area contributed by atoms with E-state index in [9.17, 15) is 29.4 Å². The molecule has 10 rings (SSSR count). The van der Waals surface area contributed by atoms with Crippen molar-refractivity contribution in [1.29, 1.82) is 0 Å². The summed E-state index contributed by atoms with van der Waals surface area (Å²) in [6.07, 6.45) is 11.3. The molecule has 2 atom stereocenters. The second-order valence-electron chi connectivity index (χ2n) is 24.7. The van der Waals surface area contributed by atoms with Crippen molar-refractivity contribution < 1.29 is 62.5 Å². The normalized spacial score (nSPS) is 16.9. The third-order valence-electron chi connectivity index (χ3n) is 14.1. The van der Waals surface area contributed by atoms with Crippen molar-refractivity contribution in [2.24, 2.45) is 11.8 Å². The zero-order chi connectivity index (χ0) is 60.1. The second kappa shape index (κ2) is 23.9. The van der Waals surface area contributed by atoms with E-state index in [2.05, 4.69) is 89.7 Å². The molecule has 4 aliphatic rings. The Kier molecular flexibility index (Phi) is 17.4. The zero-order valence-corrected chi connectivity index (χ0v) is 49.3. The molecule has 83 heavy (non-hydrogen) atoms. The van der Waals surface area contributed by atoms with Crippen LogP contribution in [0.1, 0.15) is 140 Å². The van der Waals surface area contributed by atoms with Gasteiger partial charge in [0, 0.05) is 11.8 Å². The first-order chi connectivity index (χ1) is 39.1. The molecular formula is C70H74O13. The number of rotatable bonds is 6. The van der Waals surface area contributed by atoms with Crippen LogP contribution < -0.4 is 9.47 Å². The van der Waals surface area contributed by atoms with Crippen LogP contribution >= 0.6 is 0 Å². The van der Waals surface area contributed by atoms with Crippen LogP contribution in [0.4, 0.5) is 19.2 Å². The quantitative estimate of drug-likeness (QED) is 0.0699. The topological polar surface area (TPSA) is 173 Å². The molecule has 13 nitrogen and oxygen atoms in total. The van der Waals surface area contributed by atoms with E-state index in [0.717, 1.165) is 35.1 Å². The molecule has 0 saturated heterocycles. The molecule has 0 amide bonds. The van der Waals surface area contributed by atoms with E-state index in [-0.39, 0.29) is 28.7 Å². The highest BCUT2D eigenvalue weighted by atomic mass is 16.8. The third-order valence-corrected chi connectivity index (χ3v) is 14.1. The lowest BCUT2D eigenvalue weighted by atomic mass is 9.63. The molecule has 2 unspecified atom stereocenters. The summed E-state index contributed by atoms with van der Waals surface area (Å²) in [6, 6.07) is 47.6. The van der Waals surface area contributed by atoms with Gasteiger partial charge in [0.05, 0.1) is 10.8 Å². The fourth-order valence-corrected chi connectivity index (χ4v) is 11.3. The van der Waals surface area contributed by atoms with E-state index >= 15 is 0 Å². The van der Waals surface area contributed by atoms with Gasteiger partial charge in [0.25, 0.3) is 0 Å². The molecule has 0 saturated carbocycles. The molecule has 0 aromatic heterocycles. The molecule has 4 aliphatic carbocycles. The number of benzene rings is 6. The van der Waals surface area contributed by atoms with Crippen molar-refractivity contribution in [2.45, 2.75) is 129 Å². The number of carbonyl (C=O) groups is 4. The lowest BCUT2D eigenvalue weighted by Crippen LogP contribution is -2.34. The van der Waals surface area contributed by atoms with Crippen molar-refractivity contribution in [3.8, 4) is 23.0 Å². The smallest absolute Gasteiger partial charge is 0.508 e. The molecule has 0 aliphatic heterocycles. The molecule has 432 valence electrons. The standard InChI is InChI=1S/C35H36O6.C25H20O2.C10H18O5/c1-33(2,3)40-31(36)38-25-19-15-23(16-20-25)35(24-17-21-26(22-18-24)39-32(37)41-34(4,5)6)29-13-9-7-11-27(29)28-12-8-10-14-30(28)35;26-19-13-9-17(10-14-19)25(18-11-15-20(27)16-12-18)23-7-3-1-5-21(23)22-6-2-4-8-24(22)25;1-9(2,3)14-7(11)13-8(12)15-10(4,5)6/h7-13,15-22,30H,14H2,1-6H3;1-7,9-16,24,26-27H,8H2;1-6H3. The van der Waals surface area contributed by atoms with E-state index in [0.29, 0.717) is 11.5 Å². The zero-order valence-electron chi connectivity index (χ0n) is 49.3. The Morgan fingerprint density at radius 1 is 0.398 bits per heavy atom. The van der Waals surface area contributed by atoms with Crippen molar-refractivity contribution in [3.63, 3.8) is 0 Å². The Bertz CT molecular complexity index is 3300. The fraction of sp³-hybridized carbons (Fsp3) is 0.314. The maximum Gasteiger partial charge on any atom is 0.519 e. The Morgan fingerprint density at radius 2 is 0.687 bits per heavy atom. The predicted molar refractivity (Wildman–Crippen MR) is 319 cm³/mol. The Balaban J connectivity index is 0.000000183. The summed E-state index contributed by atoms with van der Waals surface area (Å²) in [7, 11) is 0. The maximum absolute atomic E-state index is 12.3. The number of hydrogen-bond donors (Lipinski definition) is 2. The van der Waals surface area contributed by atoms with Crippen molar-refractivity contribution in [2.75, 3.05) is 0 Å². The molecule has 2 N–H and O–H groups in total. The predicted octanol–water partition coefficient (Wildman–Crippen LogP) is 16.9. The van der Waals surface area contributed by atoms with Gasteiger partial charge in [-0.3, -0.25) is 0 Å². The molecule has 0 fully saturated rings. The fourth-order valence-electron chi connectivity index (χ4n) is 11.3. The van der Waals surface area contributed by atoms with Gasteiger partial charge >= 0.3 is 24.6 Å². The number of phenols is 2. The van der Waals surface area contributed by atoms with Crippen molar-refractivity contribution in [3.05, 3.63) is 227 Å². The van der Waals surface area contributed by atoms with Crippen molar-refractivity contribution in [1.82, 2.24) is 0 Å². The van der Waals surface area contributed by atoms with E-state index in [4.69, 9.17) is 28.4 Å². The van der Waals surface area contributed by atoms with Gasteiger partial charge in [-0.05, 0) is 200 Å². The summed E-state index contributed by atoms with van der Waals surface area (Å²) in [5.74, 6) is 1.76. The third kappa shape index (κ3) is 13.9. The molecule has 6 aromatic rings. The first-order valence-corrected chi connectivity index (χ1v) is 27.8. The largest absolute Gasteiger partial charge is 0.519 e. The maximum atomic E-state index is 12.3. The Morgan fingerprint density at radius 3 is 1.00 bits per heavy atom. The van der Waals surface area contributed by atoms with Gasteiger partial charge in [-0.25, -0.2) is 19.2 Å². The molecular weight excluding hydrogens is 1050 g/mol. The first kappa shape index (κ1) is 60.3. The van der Waals surface area contributed by atoms with Gasteiger partial charge in [0.15, 0.2) is 0 Å². The van der Waals surface area contributed by atoms with Gasteiger partial charge in [0.1, 0.15) is 45.4 Å². The Labute approximate surface area is 486 Å². The number of fused-ring (bicyclic) bond motifs is 6. The van der Waals surface area contributed by atoms with Crippen LogP contribution in [0.15, 0.2) is 182 Å². The van der Waals surface area contributed by atoms with Gasteiger partial charge in [0.2, 0.25) is 0 Å². The van der Waals surface area contributed by atoms with Crippen LogP contribution in [-0.4, -0.2) is 57.2 Å². The average Bonchev–Trinajstić information content (AvgIpc) is 1.65. The van der Waals surface area contributed by atoms with E-state index < -0.39 is 52.4 Å². The molecule has 0 heterocycles. The number of phenolic OH excluding ortho intramolecular Hbond substituents is 2. The highest BCUT2D eigenvalue weighted by molar-refractivity contribution is 5.85. The summed E-state index contributed by atoms with van der Waals surface area (Å²) in [5, 5.41) is 19.7. The number of allylic oxidation sites excluding steroid dienone is 8. The summed E-state index contributed by atoms with van der Waals surface area (Å²) < 4.78 is 35.4. The minimum absolute atomic E-state index is 0.139. The number of hydrogen-bond acceptors (Lipinski definition) is 13. The van der Waals surface area contributed by atoms with Crippen LogP contribution in [0.25, 0.3) is 11.1 Å². The summed E-state index contributed by atoms with van der Waals surface area (Å²) >= 11 is 0. The highest BCUT2D eigenvalue weighted by Crippen LogP contribution is 2.61. The summed E-state index contributed by atoms with van der Waals surface area (Å²) in [4.78, 5) is 46.6. The second-order valence-corrected chi connectivity index (χ2v) is 24.7. The van der Waals surface area contributed by atoms with E-state index in [1.165, 1.54) is 33.4 Å². The highest BCUT2D eigenvalue weighted by Gasteiger charge is 2.53.